The zero-order valence-corrected chi connectivity index (χ0v) is 17.7. The molecule has 5 nitrogen and oxygen atoms in total. The molecule has 0 bridgehead atoms. The number of hydrogen-bond donors (Lipinski definition) is 0. The van der Waals surface area contributed by atoms with Crippen LogP contribution in [-0.2, 0) is 11.4 Å². The molecule has 2 aromatic carbocycles. The van der Waals surface area contributed by atoms with Crippen LogP contribution in [0.1, 0.15) is 24.0 Å². The van der Waals surface area contributed by atoms with Gasteiger partial charge in [-0.1, -0.05) is 42.5 Å². The highest BCUT2D eigenvalue weighted by atomic mass is 32.2. The van der Waals surface area contributed by atoms with Crippen LogP contribution < -0.4 is 4.74 Å². The molecule has 0 saturated carbocycles. The lowest BCUT2D eigenvalue weighted by Crippen LogP contribution is -2.51. The van der Waals surface area contributed by atoms with Crippen LogP contribution in [0.5, 0.6) is 5.75 Å². The van der Waals surface area contributed by atoms with Crippen molar-refractivity contribution >= 4 is 28.9 Å². The van der Waals surface area contributed by atoms with Gasteiger partial charge < -0.3 is 9.64 Å². The van der Waals surface area contributed by atoms with Gasteiger partial charge in [-0.25, -0.2) is 0 Å². The number of fused-ring (bicyclic) bond motifs is 1. The minimum Gasteiger partial charge on any atom is -0.489 e. The first-order valence-corrected chi connectivity index (χ1v) is 11.3. The fourth-order valence-electron chi connectivity index (χ4n) is 4.25. The Kier molecular flexibility index (Phi) is 5.60. The van der Waals surface area contributed by atoms with E-state index in [1.807, 2.05) is 60.7 Å². The first-order chi connectivity index (χ1) is 14.7. The Balaban J connectivity index is 1.20. The molecule has 30 heavy (non-hydrogen) atoms. The van der Waals surface area contributed by atoms with Crippen molar-refractivity contribution in [3.63, 3.8) is 0 Å². The van der Waals surface area contributed by atoms with Crippen molar-refractivity contribution in [3.8, 4) is 5.75 Å². The number of rotatable bonds is 4. The molecule has 2 fully saturated rings. The van der Waals surface area contributed by atoms with Crippen molar-refractivity contribution < 1.29 is 9.53 Å². The summed E-state index contributed by atoms with van der Waals surface area (Å²) < 4.78 is 5.84. The Morgan fingerprint density at radius 1 is 1.07 bits per heavy atom. The number of piperazine rings is 1. The van der Waals surface area contributed by atoms with E-state index in [1.54, 1.807) is 0 Å². The third-order valence-electron chi connectivity index (χ3n) is 5.89. The number of carbonyl (C=O) groups excluding carboxylic acids is 1. The minimum absolute atomic E-state index is 0.131. The SMILES string of the molecule is O=C1N=C(N2CCN3CCCC3C2)SC1=Cc1ccc(OCc2ccccc2)cc1. The second kappa shape index (κ2) is 8.66. The molecular formula is C24H25N3O2S. The number of hydrogen-bond acceptors (Lipinski definition) is 5. The summed E-state index contributed by atoms with van der Waals surface area (Å²) in [6.07, 6.45) is 4.47. The normalized spacial score (nSPS) is 23.0. The molecular weight excluding hydrogens is 394 g/mol. The zero-order valence-electron chi connectivity index (χ0n) is 16.9. The molecule has 1 unspecified atom stereocenters. The van der Waals surface area contributed by atoms with Crippen LogP contribution in [0.3, 0.4) is 0 Å². The van der Waals surface area contributed by atoms with Crippen LogP contribution >= 0.6 is 11.8 Å². The summed E-state index contributed by atoms with van der Waals surface area (Å²) in [5, 5.41) is 0.862. The van der Waals surface area contributed by atoms with E-state index in [9.17, 15) is 4.79 Å². The van der Waals surface area contributed by atoms with E-state index in [1.165, 1.54) is 31.1 Å². The van der Waals surface area contributed by atoms with Crippen LogP contribution in [0.4, 0.5) is 0 Å². The Hall–Kier alpha value is -2.57. The number of benzene rings is 2. The Bertz CT molecular complexity index is 972. The van der Waals surface area contributed by atoms with Gasteiger partial charge in [-0.05, 0) is 60.5 Å². The number of nitrogens with zero attached hydrogens (tertiary/aromatic N) is 3. The van der Waals surface area contributed by atoms with Crippen LogP contribution in [0.25, 0.3) is 6.08 Å². The quantitative estimate of drug-likeness (QED) is 0.701. The molecule has 6 heteroatoms. The van der Waals surface area contributed by atoms with Gasteiger partial charge in [0, 0.05) is 25.7 Å². The lowest BCUT2D eigenvalue weighted by molar-refractivity contribution is -0.113. The molecule has 0 aliphatic carbocycles. The van der Waals surface area contributed by atoms with E-state index in [2.05, 4.69) is 14.8 Å². The fourth-order valence-corrected chi connectivity index (χ4v) is 5.20. The zero-order chi connectivity index (χ0) is 20.3. The summed E-state index contributed by atoms with van der Waals surface area (Å²) in [6.45, 7) is 4.77. The predicted octanol–water partition coefficient (Wildman–Crippen LogP) is 4.02. The number of aliphatic imine (C=N–C) groups is 1. The van der Waals surface area contributed by atoms with E-state index >= 15 is 0 Å². The van der Waals surface area contributed by atoms with E-state index in [-0.39, 0.29) is 5.91 Å². The number of thioether (sulfide) groups is 1. The van der Waals surface area contributed by atoms with Crippen molar-refractivity contribution in [2.24, 2.45) is 4.99 Å². The van der Waals surface area contributed by atoms with E-state index in [0.29, 0.717) is 17.6 Å². The van der Waals surface area contributed by atoms with Gasteiger partial charge in [0.1, 0.15) is 12.4 Å². The molecule has 2 saturated heterocycles. The molecule has 0 spiro atoms. The summed E-state index contributed by atoms with van der Waals surface area (Å²) in [5.41, 5.74) is 2.12. The highest BCUT2D eigenvalue weighted by molar-refractivity contribution is 8.18. The largest absolute Gasteiger partial charge is 0.489 e. The van der Waals surface area contributed by atoms with Gasteiger partial charge in [0.25, 0.3) is 5.91 Å². The molecule has 0 radical (unpaired) electrons. The lowest BCUT2D eigenvalue weighted by atomic mass is 10.2. The van der Waals surface area contributed by atoms with E-state index < -0.39 is 0 Å². The van der Waals surface area contributed by atoms with Crippen molar-refractivity contribution in [2.75, 3.05) is 26.2 Å². The predicted molar refractivity (Wildman–Crippen MR) is 121 cm³/mol. The molecule has 3 aliphatic rings. The van der Waals surface area contributed by atoms with Gasteiger partial charge in [-0.2, -0.15) is 4.99 Å². The minimum atomic E-state index is -0.131. The third kappa shape index (κ3) is 4.30. The van der Waals surface area contributed by atoms with E-state index in [0.717, 1.165) is 41.7 Å². The van der Waals surface area contributed by atoms with Gasteiger partial charge in [0.05, 0.1) is 4.91 Å². The Morgan fingerprint density at radius 3 is 2.73 bits per heavy atom. The van der Waals surface area contributed by atoms with Crippen LogP contribution in [0, 0.1) is 0 Å². The summed E-state index contributed by atoms with van der Waals surface area (Å²) in [4.78, 5) is 22.3. The maximum absolute atomic E-state index is 12.4. The smallest absolute Gasteiger partial charge is 0.286 e. The van der Waals surface area contributed by atoms with Gasteiger partial charge >= 0.3 is 0 Å². The van der Waals surface area contributed by atoms with Crippen molar-refractivity contribution in [1.29, 1.82) is 0 Å². The van der Waals surface area contributed by atoms with Gasteiger partial charge in [0.2, 0.25) is 0 Å². The second-order valence-corrected chi connectivity index (χ2v) is 8.94. The number of amidine groups is 1. The molecule has 0 aromatic heterocycles. The first kappa shape index (κ1) is 19.4. The van der Waals surface area contributed by atoms with Crippen LogP contribution in [-0.4, -0.2) is 53.1 Å². The van der Waals surface area contributed by atoms with Gasteiger partial charge in [-0.3, -0.25) is 9.69 Å². The molecule has 1 atom stereocenters. The average molecular weight is 420 g/mol. The molecule has 3 aliphatic heterocycles. The third-order valence-corrected chi connectivity index (χ3v) is 6.94. The lowest BCUT2D eigenvalue weighted by Gasteiger charge is -2.38. The molecule has 154 valence electrons. The number of ether oxygens (including phenoxy) is 1. The van der Waals surface area contributed by atoms with Crippen molar-refractivity contribution in [3.05, 3.63) is 70.6 Å². The van der Waals surface area contributed by atoms with Crippen LogP contribution in [0.15, 0.2) is 64.5 Å². The average Bonchev–Trinajstić information content (AvgIpc) is 3.40. The molecule has 5 rings (SSSR count). The summed E-state index contributed by atoms with van der Waals surface area (Å²) in [7, 11) is 0. The maximum atomic E-state index is 12.4. The van der Waals surface area contributed by atoms with Gasteiger partial charge in [0.15, 0.2) is 5.17 Å². The highest BCUT2D eigenvalue weighted by Gasteiger charge is 2.34. The molecule has 0 N–H and O–H groups in total. The molecule has 2 aromatic rings. The number of amides is 1. The second-order valence-electron chi connectivity index (χ2n) is 7.93. The van der Waals surface area contributed by atoms with Gasteiger partial charge in [-0.15, -0.1) is 0 Å². The summed E-state index contributed by atoms with van der Waals surface area (Å²) >= 11 is 1.50. The Labute approximate surface area is 181 Å². The van der Waals surface area contributed by atoms with Crippen molar-refractivity contribution in [2.45, 2.75) is 25.5 Å². The fraction of sp³-hybridized carbons (Fsp3) is 0.333. The summed E-state index contributed by atoms with van der Waals surface area (Å²) in [5.74, 6) is 0.686. The Morgan fingerprint density at radius 2 is 1.90 bits per heavy atom. The standard InChI is InChI=1S/C24H25N3O2S/c28-23-22(30-24(25-23)27-14-13-26-12-4-7-20(26)16-27)15-18-8-10-21(11-9-18)29-17-19-5-2-1-3-6-19/h1-3,5-6,8-11,15,20H,4,7,12-14,16-17H2. The van der Waals surface area contributed by atoms with E-state index in [4.69, 9.17) is 4.74 Å². The molecule has 3 heterocycles. The maximum Gasteiger partial charge on any atom is 0.286 e. The monoisotopic (exact) mass is 419 g/mol. The highest BCUT2D eigenvalue weighted by Crippen LogP contribution is 2.32. The first-order valence-electron chi connectivity index (χ1n) is 10.5. The summed E-state index contributed by atoms with van der Waals surface area (Å²) in [6, 6.07) is 18.6. The van der Waals surface area contributed by atoms with Crippen molar-refractivity contribution in [1.82, 2.24) is 9.80 Å². The molecule has 1 amide bonds. The topological polar surface area (TPSA) is 45.1 Å². The number of carbonyl (C=O) groups is 1. The van der Waals surface area contributed by atoms with Crippen LogP contribution in [0.2, 0.25) is 0 Å².